The molecule has 1 saturated carbocycles. The third-order valence-corrected chi connectivity index (χ3v) is 6.72. The van der Waals surface area contributed by atoms with E-state index in [9.17, 15) is 4.79 Å². The Kier molecular flexibility index (Phi) is 5.28. The van der Waals surface area contributed by atoms with Gasteiger partial charge in [0.2, 0.25) is 0 Å². The van der Waals surface area contributed by atoms with E-state index in [1.165, 1.54) is 12.0 Å². The first-order valence-corrected chi connectivity index (χ1v) is 10.1. The Morgan fingerprint density at radius 2 is 2.15 bits per heavy atom. The van der Waals surface area contributed by atoms with Gasteiger partial charge >= 0.3 is 6.03 Å². The second kappa shape index (κ2) is 7.68. The zero-order valence-electron chi connectivity index (χ0n) is 16.4. The molecule has 3 aliphatic rings. The summed E-state index contributed by atoms with van der Waals surface area (Å²) in [6.07, 6.45) is 4.56. The highest BCUT2D eigenvalue weighted by atomic mass is 16.5. The molecule has 1 N–H and O–H groups in total. The number of likely N-dealkylation sites (tertiary alicyclic amines) is 1. The predicted octanol–water partition coefficient (Wildman–Crippen LogP) is 2.23. The lowest BCUT2D eigenvalue weighted by molar-refractivity contribution is -0.0882. The van der Waals surface area contributed by atoms with Gasteiger partial charge in [-0.1, -0.05) is 24.6 Å². The number of hydrogen-bond acceptors (Lipinski definition) is 4. The van der Waals surface area contributed by atoms with E-state index in [-0.39, 0.29) is 17.6 Å². The summed E-state index contributed by atoms with van der Waals surface area (Å²) in [6, 6.07) is 8.58. The van der Waals surface area contributed by atoms with Gasteiger partial charge in [-0.25, -0.2) is 4.79 Å². The molecule has 0 aromatic heterocycles. The van der Waals surface area contributed by atoms with Crippen molar-refractivity contribution < 1.29 is 14.3 Å². The molecule has 1 aromatic rings. The molecule has 3 fully saturated rings. The van der Waals surface area contributed by atoms with Crippen molar-refractivity contribution in [2.24, 2.45) is 0 Å². The van der Waals surface area contributed by atoms with Crippen molar-refractivity contribution in [3.63, 3.8) is 0 Å². The molecule has 2 atom stereocenters. The van der Waals surface area contributed by atoms with Crippen LogP contribution < -0.4 is 10.1 Å². The van der Waals surface area contributed by atoms with Crippen LogP contribution in [0.4, 0.5) is 4.79 Å². The van der Waals surface area contributed by atoms with E-state index in [0.717, 1.165) is 51.3 Å². The number of methoxy groups -OCH3 is 1. The highest BCUT2D eigenvalue weighted by Crippen LogP contribution is 2.46. The largest absolute Gasteiger partial charge is 0.496 e. The van der Waals surface area contributed by atoms with Gasteiger partial charge in [-0.05, 0) is 32.4 Å². The van der Waals surface area contributed by atoms with Crippen LogP contribution in [0.25, 0.3) is 0 Å². The van der Waals surface area contributed by atoms with Crippen LogP contribution >= 0.6 is 0 Å². The van der Waals surface area contributed by atoms with Gasteiger partial charge in [0, 0.05) is 37.2 Å². The number of nitrogens with zero attached hydrogens (tertiary/aromatic N) is 2. The van der Waals surface area contributed by atoms with Crippen molar-refractivity contribution in [1.29, 1.82) is 0 Å². The smallest absolute Gasteiger partial charge is 0.317 e. The van der Waals surface area contributed by atoms with Crippen LogP contribution in [0.15, 0.2) is 24.3 Å². The predicted molar refractivity (Wildman–Crippen MR) is 104 cm³/mol. The Morgan fingerprint density at radius 3 is 2.89 bits per heavy atom. The van der Waals surface area contributed by atoms with Gasteiger partial charge in [0.05, 0.1) is 25.9 Å². The number of hydrogen-bond donors (Lipinski definition) is 1. The molecule has 2 aliphatic heterocycles. The fraction of sp³-hybridized carbons (Fsp3) is 0.667. The molecule has 6 nitrogen and oxygen atoms in total. The Labute approximate surface area is 161 Å². The summed E-state index contributed by atoms with van der Waals surface area (Å²) in [5.74, 6) is 0.924. The minimum absolute atomic E-state index is 0.00528. The van der Waals surface area contributed by atoms with Crippen molar-refractivity contribution in [2.75, 3.05) is 46.9 Å². The van der Waals surface area contributed by atoms with Crippen molar-refractivity contribution in [3.8, 4) is 5.75 Å². The topological polar surface area (TPSA) is 54.0 Å². The Balaban J connectivity index is 1.40. The molecule has 0 radical (unpaired) electrons. The molecule has 0 bridgehead atoms. The number of amides is 2. The zero-order valence-corrected chi connectivity index (χ0v) is 16.4. The quantitative estimate of drug-likeness (QED) is 0.879. The number of urea groups is 1. The molecule has 1 aliphatic carbocycles. The SMILES string of the molecule is COc1ccccc1C1(CNC(=O)N2CC[C@@H]3OCCN(C)[C@@H]3C2)CCC1. The number of carbonyl (C=O) groups excluding carboxylic acids is 1. The first-order valence-electron chi connectivity index (χ1n) is 10.1. The summed E-state index contributed by atoms with van der Waals surface area (Å²) in [6.45, 7) is 3.92. The number of fused-ring (bicyclic) bond motifs is 1. The number of piperidine rings is 1. The van der Waals surface area contributed by atoms with Crippen molar-refractivity contribution in [2.45, 2.75) is 43.2 Å². The first kappa shape index (κ1) is 18.6. The molecule has 2 heterocycles. The number of carbonyl (C=O) groups is 1. The van der Waals surface area contributed by atoms with Crippen molar-refractivity contribution in [1.82, 2.24) is 15.1 Å². The molecule has 6 heteroatoms. The molecule has 4 rings (SSSR count). The van der Waals surface area contributed by atoms with Crippen LogP contribution in [0.5, 0.6) is 5.75 Å². The summed E-state index contributed by atoms with van der Waals surface area (Å²) in [4.78, 5) is 17.2. The molecule has 0 unspecified atom stereocenters. The minimum atomic E-state index is 0.00528. The van der Waals surface area contributed by atoms with Crippen molar-refractivity contribution >= 4 is 6.03 Å². The van der Waals surface area contributed by atoms with Crippen LogP contribution in [-0.2, 0) is 10.2 Å². The number of likely N-dealkylation sites (N-methyl/N-ethyl adjacent to an activating group) is 1. The van der Waals surface area contributed by atoms with E-state index in [2.05, 4.69) is 29.4 Å². The molecule has 2 saturated heterocycles. The fourth-order valence-corrected chi connectivity index (χ4v) is 4.81. The molecular weight excluding hydrogens is 342 g/mol. The van der Waals surface area contributed by atoms with Gasteiger partial charge in [-0.15, -0.1) is 0 Å². The van der Waals surface area contributed by atoms with Gasteiger partial charge in [0.1, 0.15) is 5.75 Å². The highest BCUT2D eigenvalue weighted by molar-refractivity contribution is 5.74. The van der Waals surface area contributed by atoms with Gasteiger partial charge in [-0.3, -0.25) is 4.90 Å². The van der Waals surface area contributed by atoms with Crippen LogP contribution in [-0.4, -0.2) is 74.9 Å². The van der Waals surface area contributed by atoms with E-state index in [1.807, 2.05) is 17.0 Å². The van der Waals surface area contributed by atoms with E-state index in [4.69, 9.17) is 9.47 Å². The number of ether oxygens (including phenoxy) is 2. The third-order valence-electron chi connectivity index (χ3n) is 6.72. The van der Waals surface area contributed by atoms with E-state index >= 15 is 0 Å². The number of benzene rings is 1. The Morgan fingerprint density at radius 1 is 1.33 bits per heavy atom. The van der Waals surface area contributed by atoms with E-state index in [1.54, 1.807) is 7.11 Å². The lowest BCUT2D eigenvalue weighted by atomic mass is 9.64. The summed E-state index contributed by atoms with van der Waals surface area (Å²) in [5.41, 5.74) is 1.23. The first-order chi connectivity index (χ1) is 13.1. The summed E-state index contributed by atoms with van der Waals surface area (Å²) >= 11 is 0. The maximum Gasteiger partial charge on any atom is 0.317 e. The third kappa shape index (κ3) is 3.52. The second-order valence-electron chi connectivity index (χ2n) is 8.18. The molecule has 0 spiro atoms. The fourth-order valence-electron chi connectivity index (χ4n) is 4.81. The number of rotatable bonds is 4. The summed E-state index contributed by atoms with van der Waals surface area (Å²) < 4.78 is 11.5. The minimum Gasteiger partial charge on any atom is -0.496 e. The molecule has 148 valence electrons. The zero-order chi connectivity index (χ0) is 18.9. The maximum atomic E-state index is 12.9. The normalized spacial score (nSPS) is 27.4. The van der Waals surface area contributed by atoms with Crippen LogP contribution in [0, 0.1) is 0 Å². The Bertz CT molecular complexity index is 676. The van der Waals surface area contributed by atoms with Gasteiger partial charge in [-0.2, -0.15) is 0 Å². The molecular formula is C21H31N3O3. The van der Waals surface area contributed by atoms with Gasteiger partial charge in [0.25, 0.3) is 0 Å². The van der Waals surface area contributed by atoms with Crippen LogP contribution in [0.2, 0.25) is 0 Å². The lowest BCUT2D eigenvalue weighted by Gasteiger charge is -2.46. The molecule has 27 heavy (non-hydrogen) atoms. The van der Waals surface area contributed by atoms with Gasteiger partial charge in [0.15, 0.2) is 0 Å². The standard InChI is InChI=1S/C21H31N3O3/c1-23-12-13-27-19-8-11-24(14-17(19)23)20(25)22-15-21(9-5-10-21)16-6-3-4-7-18(16)26-2/h3-4,6-7,17,19H,5,8-15H2,1-2H3,(H,22,25)/t17-,19+/m1/s1. The summed E-state index contributed by atoms with van der Waals surface area (Å²) in [5, 5.41) is 3.23. The van der Waals surface area contributed by atoms with Crippen LogP contribution in [0.3, 0.4) is 0 Å². The monoisotopic (exact) mass is 373 g/mol. The van der Waals surface area contributed by atoms with Crippen LogP contribution in [0.1, 0.15) is 31.2 Å². The summed E-state index contributed by atoms with van der Waals surface area (Å²) in [7, 11) is 3.85. The molecule has 2 amide bonds. The van der Waals surface area contributed by atoms with E-state index in [0.29, 0.717) is 12.6 Å². The Hall–Kier alpha value is -1.79. The second-order valence-corrected chi connectivity index (χ2v) is 8.18. The van der Waals surface area contributed by atoms with E-state index < -0.39 is 0 Å². The average Bonchev–Trinajstić information content (AvgIpc) is 2.67. The number of nitrogens with one attached hydrogen (secondary N) is 1. The van der Waals surface area contributed by atoms with Crippen molar-refractivity contribution in [3.05, 3.63) is 29.8 Å². The number of para-hydroxylation sites is 1. The maximum absolute atomic E-state index is 12.9. The number of morpholine rings is 1. The highest BCUT2D eigenvalue weighted by Gasteiger charge is 2.42. The average molecular weight is 373 g/mol. The molecule has 1 aromatic carbocycles. The lowest BCUT2D eigenvalue weighted by Crippen LogP contribution is -2.61. The van der Waals surface area contributed by atoms with Gasteiger partial charge < -0.3 is 19.7 Å².